The van der Waals surface area contributed by atoms with Crippen LogP contribution < -0.4 is 4.90 Å². The number of rotatable bonds is 5. The molecule has 0 bridgehead atoms. The molecule has 0 aromatic carbocycles. The standard InChI is InChI=1S/C17H18F3N5O3/c1-2-5-24-14(26)15(27)25(16(24)28)11-22-6-8-23(9-7-22)13-4-3-12(10-21-13)17(18,19)20/h2-4,10H,1,5-9,11H2. The molecule has 11 heteroatoms. The highest BCUT2D eigenvalue weighted by atomic mass is 19.4. The number of piperazine rings is 1. The quantitative estimate of drug-likeness (QED) is 0.422. The van der Waals surface area contributed by atoms with Crippen LogP contribution in [0.3, 0.4) is 0 Å². The maximum atomic E-state index is 12.6. The van der Waals surface area contributed by atoms with Crippen LogP contribution in [0.1, 0.15) is 5.56 Å². The third-order valence-corrected chi connectivity index (χ3v) is 4.56. The molecule has 3 heterocycles. The van der Waals surface area contributed by atoms with E-state index in [1.165, 1.54) is 12.1 Å². The Bertz CT molecular complexity index is 788. The average Bonchev–Trinajstić information content (AvgIpc) is 2.86. The number of amides is 4. The summed E-state index contributed by atoms with van der Waals surface area (Å²) in [5.41, 5.74) is -0.810. The van der Waals surface area contributed by atoms with E-state index in [9.17, 15) is 27.6 Å². The van der Waals surface area contributed by atoms with Gasteiger partial charge in [-0.15, -0.1) is 6.58 Å². The Hall–Kier alpha value is -2.95. The van der Waals surface area contributed by atoms with Gasteiger partial charge < -0.3 is 4.90 Å². The van der Waals surface area contributed by atoms with Gasteiger partial charge in [0.1, 0.15) is 5.82 Å². The van der Waals surface area contributed by atoms with E-state index in [1.807, 2.05) is 9.80 Å². The molecule has 0 N–H and O–H groups in total. The Balaban J connectivity index is 1.57. The molecule has 0 radical (unpaired) electrons. The minimum Gasteiger partial charge on any atom is -0.354 e. The lowest BCUT2D eigenvalue weighted by Gasteiger charge is -2.36. The van der Waals surface area contributed by atoms with E-state index in [1.54, 1.807) is 0 Å². The number of hydrogen-bond acceptors (Lipinski definition) is 6. The summed E-state index contributed by atoms with van der Waals surface area (Å²) in [6.45, 7) is 5.22. The Labute approximate surface area is 158 Å². The van der Waals surface area contributed by atoms with Crippen molar-refractivity contribution in [1.82, 2.24) is 19.7 Å². The topological polar surface area (TPSA) is 77.1 Å². The van der Waals surface area contributed by atoms with Crippen molar-refractivity contribution in [3.63, 3.8) is 0 Å². The second-order valence-corrected chi connectivity index (χ2v) is 6.37. The Morgan fingerprint density at radius 2 is 1.68 bits per heavy atom. The normalized spacial score (nSPS) is 19.0. The molecule has 0 unspecified atom stereocenters. The second kappa shape index (κ2) is 7.58. The van der Waals surface area contributed by atoms with Crippen LogP contribution in [0.4, 0.5) is 23.8 Å². The van der Waals surface area contributed by atoms with Gasteiger partial charge >= 0.3 is 24.0 Å². The fourth-order valence-corrected chi connectivity index (χ4v) is 3.02. The Morgan fingerprint density at radius 3 is 2.21 bits per heavy atom. The number of urea groups is 1. The smallest absolute Gasteiger partial charge is 0.354 e. The van der Waals surface area contributed by atoms with Gasteiger partial charge in [0.2, 0.25) is 0 Å². The molecule has 1 aromatic rings. The van der Waals surface area contributed by atoms with Crippen molar-refractivity contribution in [3.05, 3.63) is 36.5 Å². The van der Waals surface area contributed by atoms with Crippen LogP contribution in [0.5, 0.6) is 0 Å². The van der Waals surface area contributed by atoms with Crippen molar-refractivity contribution in [2.45, 2.75) is 6.18 Å². The number of carbonyl (C=O) groups excluding carboxylic acids is 3. The minimum atomic E-state index is -4.43. The summed E-state index contributed by atoms with van der Waals surface area (Å²) >= 11 is 0. The van der Waals surface area contributed by atoms with Crippen LogP contribution in [-0.4, -0.2) is 76.9 Å². The molecule has 0 saturated carbocycles. The monoisotopic (exact) mass is 397 g/mol. The van der Waals surface area contributed by atoms with E-state index in [2.05, 4.69) is 11.6 Å². The zero-order valence-corrected chi connectivity index (χ0v) is 14.9. The number of halogens is 3. The Kier molecular flexibility index (Phi) is 5.36. The number of anilines is 1. The predicted octanol–water partition coefficient (Wildman–Crippen LogP) is 1.16. The van der Waals surface area contributed by atoms with Gasteiger partial charge in [-0.3, -0.25) is 19.4 Å². The van der Waals surface area contributed by atoms with Crippen LogP contribution in [-0.2, 0) is 15.8 Å². The highest BCUT2D eigenvalue weighted by Crippen LogP contribution is 2.29. The van der Waals surface area contributed by atoms with E-state index in [0.29, 0.717) is 32.0 Å². The predicted molar refractivity (Wildman–Crippen MR) is 92.0 cm³/mol. The first-order valence-electron chi connectivity index (χ1n) is 8.51. The van der Waals surface area contributed by atoms with Gasteiger partial charge in [-0.05, 0) is 12.1 Å². The molecule has 150 valence electrons. The molecule has 0 atom stereocenters. The zero-order valence-electron chi connectivity index (χ0n) is 14.9. The number of carbonyl (C=O) groups is 3. The molecule has 1 aromatic heterocycles. The van der Waals surface area contributed by atoms with Crippen LogP contribution >= 0.6 is 0 Å². The molecule has 8 nitrogen and oxygen atoms in total. The fraction of sp³-hybridized carbons (Fsp3) is 0.412. The molecule has 4 amide bonds. The second-order valence-electron chi connectivity index (χ2n) is 6.37. The van der Waals surface area contributed by atoms with Crippen molar-refractivity contribution in [2.24, 2.45) is 0 Å². The maximum absolute atomic E-state index is 12.6. The number of hydrogen-bond donors (Lipinski definition) is 0. The van der Waals surface area contributed by atoms with Crippen molar-refractivity contribution < 1.29 is 27.6 Å². The summed E-state index contributed by atoms with van der Waals surface area (Å²) in [6, 6.07) is 1.62. The van der Waals surface area contributed by atoms with Crippen LogP contribution in [0.15, 0.2) is 31.0 Å². The van der Waals surface area contributed by atoms with E-state index in [-0.39, 0.29) is 13.2 Å². The van der Waals surface area contributed by atoms with Crippen LogP contribution in [0.2, 0.25) is 0 Å². The molecule has 2 saturated heterocycles. The first kappa shape index (κ1) is 19.8. The molecule has 2 fully saturated rings. The molecular formula is C17H18F3N5O3. The molecule has 28 heavy (non-hydrogen) atoms. The van der Waals surface area contributed by atoms with Gasteiger partial charge in [0, 0.05) is 38.9 Å². The van der Waals surface area contributed by atoms with Crippen molar-refractivity contribution in [2.75, 3.05) is 44.3 Å². The number of imide groups is 2. The van der Waals surface area contributed by atoms with Crippen molar-refractivity contribution in [1.29, 1.82) is 0 Å². The molecule has 0 spiro atoms. The molecule has 3 rings (SSSR count). The minimum absolute atomic E-state index is 0.0225. The number of aromatic nitrogens is 1. The average molecular weight is 397 g/mol. The van der Waals surface area contributed by atoms with Gasteiger partial charge in [-0.1, -0.05) is 6.08 Å². The maximum Gasteiger partial charge on any atom is 0.417 e. The summed E-state index contributed by atoms with van der Waals surface area (Å²) < 4.78 is 37.9. The van der Waals surface area contributed by atoms with Gasteiger partial charge in [-0.25, -0.2) is 14.7 Å². The lowest BCUT2D eigenvalue weighted by molar-refractivity contribution is -0.143. The lowest BCUT2D eigenvalue weighted by atomic mass is 10.2. The lowest BCUT2D eigenvalue weighted by Crippen LogP contribution is -2.51. The highest BCUT2D eigenvalue weighted by molar-refractivity contribution is 6.44. The number of nitrogens with zero attached hydrogens (tertiary/aromatic N) is 5. The molecule has 2 aliphatic heterocycles. The van der Waals surface area contributed by atoms with Gasteiger partial charge in [-0.2, -0.15) is 13.2 Å². The van der Waals surface area contributed by atoms with E-state index < -0.39 is 29.6 Å². The van der Waals surface area contributed by atoms with Crippen molar-refractivity contribution >= 4 is 23.7 Å². The van der Waals surface area contributed by atoms with Gasteiger partial charge in [0.05, 0.1) is 12.2 Å². The third-order valence-electron chi connectivity index (χ3n) is 4.56. The summed E-state index contributed by atoms with van der Waals surface area (Å²) in [7, 11) is 0. The highest BCUT2D eigenvalue weighted by Gasteiger charge is 2.44. The molecule has 2 aliphatic rings. The first-order chi connectivity index (χ1) is 13.2. The largest absolute Gasteiger partial charge is 0.417 e. The Morgan fingerprint density at radius 1 is 1.04 bits per heavy atom. The molecular weight excluding hydrogens is 379 g/mol. The fourth-order valence-electron chi connectivity index (χ4n) is 3.02. The number of pyridine rings is 1. The third kappa shape index (κ3) is 3.84. The summed E-state index contributed by atoms with van der Waals surface area (Å²) in [4.78, 5) is 45.3. The van der Waals surface area contributed by atoms with E-state index in [0.717, 1.165) is 22.1 Å². The van der Waals surface area contributed by atoms with E-state index in [4.69, 9.17) is 0 Å². The first-order valence-corrected chi connectivity index (χ1v) is 8.51. The summed E-state index contributed by atoms with van der Waals surface area (Å²) in [5.74, 6) is -1.33. The SMILES string of the molecule is C=CCN1C(=O)C(=O)N(CN2CCN(c3ccc(C(F)(F)F)cn3)CC2)C1=O. The van der Waals surface area contributed by atoms with Gasteiger partial charge in [0.15, 0.2) is 0 Å². The van der Waals surface area contributed by atoms with Crippen molar-refractivity contribution in [3.8, 4) is 0 Å². The summed E-state index contributed by atoms with van der Waals surface area (Å²) in [5, 5.41) is 0. The van der Waals surface area contributed by atoms with Gasteiger partial charge in [0.25, 0.3) is 0 Å². The molecule has 0 aliphatic carbocycles. The van der Waals surface area contributed by atoms with Crippen LogP contribution in [0, 0.1) is 0 Å². The number of alkyl halides is 3. The van der Waals surface area contributed by atoms with Crippen LogP contribution in [0.25, 0.3) is 0 Å². The van der Waals surface area contributed by atoms with E-state index >= 15 is 0 Å². The zero-order chi connectivity index (χ0) is 20.5. The summed E-state index contributed by atoms with van der Waals surface area (Å²) in [6.07, 6.45) is -2.28.